The molecule has 1 N–H and O–H groups in total. The number of benzene rings is 2. The van der Waals surface area contributed by atoms with Gasteiger partial charge >= 0.3 is 0 Å². The summed E-state index contributed by atoms with van der Waals surface area (Å²) in [5.74, 6) is 0.999. The summed E-state index contributed by atoms with van der Waals surface area (Å²) >= 11 is 3.50. The molecule has 0 radical (unpaired) electrons. The van der Waals surface area contributed by atoms with Gasteiger partial charge in [-0.15, -0.1) is 0 Å². The number of hydrogen-bond acceptors (Lipinski definition) is 5. The Bertz CT molecular complexity index is 1170. The van der Waals surface area contributed by atoms with Crippen molar-refractivity contribution in [3.63, 3.8) is 0 Å². The smallest absolute Gasteiger partial charge is 0.219 e. The number of aliphatic hydroxyl groups is 1. The fourth-order valence-electron chi connectivity index (χ4n) is 5.21. The molecule has 2 aliphatic heterocycles. The maximum Gasteiger partial charge on any atom is 0.219 e. The lowest BCUT2D eigenvalue weighted by Gasteiger charge is -2.33. The largest absolute Gasteiger partial charge is 0.490 e. The molecule has 1 aromatic heterocycles. The van der Waals surface area contributed by atoms with Crippen LogP contribution in [0, 0.1) is 0 Å². The molecule has 0 saturated carbocycles. The van der Waals surface area contributed by atoms with E-state index in [2.05, 4.69) is 20.8 Å². The van der Waals surface area contributed by atoms with Crippen molar-refractivity contribution in [2.75, 3.05) is 26.2 Å². The Hall–Kier alpha value is -2.68. The van der Waals surface area contributed by atoms with E-state index >= 15 is 0 Å². The van der Waals surface area contributed by atoms with Crippen LogP contribution in [0.2, 0.25) is 0 Å². The number of piperidine rings is 1. The number of rotatable bonds is 7. The van der Waals surface area contributed by atoms with Gasteiger partial charge in [-0.3, -0.25) is 9.48 Å². The number of nitrogens with zero attached hydrogens (tertiary/aromatic N) is 4. The number of ether oxygens (including phenoxy) is 1. The molecule has 1 unspecified atom stereocenters. The van der Waals surface area contributed by atoms with Gasteiger partial charge in [-0.1, -0.05) is 46.3 Å². The highest BCUT2D eigenvalue weighted by Crippen LogP contribution is 2.31. The van der Waals surface area contributed by atoms with E-state index < -0.39 is 6.10 Å². The highest BCUT2D eigenvalue weighted by atomic mass is 79.9. The van der Waals surface area contributed by atoms with Crippen molar-refractivity contribution in [3.05, 3.63) is 70.3 Å². The lowest BCUT2D eigenvalue weighted by Crippen LogP contribution is -2.43. The second-order valence-corrected chi connectivity index (χ2v) is 10.7. The Kier molecular flexibility index (Phi) is 7.74. The van der Waals surface area contributed by atoms with Gasteiger partial charge < -0.3 is 19.6 Å². The van der Waals surface area contributed by atoms with Crippen molar-refractivity contribution < 1.29 is 14.6 Å². The molecule has 1 saturated heterocycles. The molecule has 3 heterocycles. The first-order chi connectivity index (χ1) is 17.5. The number of para-hydroxylation sites is 1. The van der Waals surface area contributed by atoms with Crippen LogP contribution >= 0.6 is 15.9 Å². The minimum Gasteiger partial charge on any atom is -0.490 e. The van der Waals surface area contributed by atoms with E-state index in [1.54, 1.807) is 6.92 Å². The third kappa shape index (κ3) is 5.82. The Morgan fingerprint density at radius 3 is 2.50 bits per heavy atom. The summed E-state index contributed by atoms with van der Waals surface area (Å²) in [5, 5.41) is 16.0. The van der Waals surface area contributed by atoms with Crippen molar-refractivity contribution in [1.82, 2.24) is 19.6 Å². The first-order valence-corrected chi connectivity index (χ1v) is 13.5. The molecule has 7 nitrogen and oxygen atoms in total. The predicted molar refractivity (Wildman–Crippen MR) is 143 cm³/mol. The van der Waals surface area contributed by atoms with Crippen molar-refractivity contribution in [2.24, 2.45) is 0 Å². The van der Waals surface area contributed by atoms with Crippen molar-refractivity contribution >= 4 is 21.8 Å². The standard InChI is InChI=1S/C28H33BrN4O3/c1-20(34)32-16-13-27-26(19-32)28(21-7-9-22(29)10-8-21)30-33(27)18-23(35)17-31-14-11-25(12-15-31)36-24-5-3-2-4-6-24/h2-10,23,25,35H,11-19H2,1H3. The average molecular weight is 554 g/mol. The van der Waals surface area contributed by atoms with Crippen LogP contribution in [0.3, 0.4) is 0 Å². The Morgan fingerprint density at radius 2 is 1.81 bits per heavy atom. The van der Waals surface area contributed by atoms with Gasteiger partial charge in [0, 0.05) is 67.4 Å². The Labute approximate surface area is 220 Å². The summed E-state index contributed by atoms with van der Waals surface area (Å²) in [5.41, 5.74) is 4.13. The van der Waals surface area contributed by atoms with Gasteiger partial charge in [-0.25, -0.2) is 0 Å². The van der Waals surface area contributed by atoms with E-state index in [0.717, 1.165) is 65.1 Å². The lowest BCUT2D eigenvalue weighted by molar-refractivity contribution is -0.129. The van der Waals surface area contributed by atoms with E-state index in [-0.39, 0.29) is 12.0 Å². The fourth-order valence-corrected chi connectivity index (χ4v) is 5.47. The van der Waals surface area contributed by atoms with Crippen LogP contribution in [-0.2, 0) is 24.3 Å². The monoisotopic (exact) mass is 552 g/mol. The summed E-state index contributed by atoms with van der Waals surface area (Å²) in [6, 6.07) is 18.1. The van der Waals surface area contributed by atoms with Gasteiger partial charge in [0.25, 0.3) is 0 Å². The SMILES string of the molecule is CC(=O)N1CCc2c(c(-c3ccc(Br)cc3)nn2CC(O)CN2CCC(Oc3ccccc3)CC2)C1. The van der Waals surface area contributed by atoms with Gasteiger partial charge in [0.1, 0.15) is 11.9 Å². The number of hydrogen-bond donors (Lipinski definition) is 1. The van der Waals surface area contributed by atoms with E-state index in [1.165, 1.54) is 0 Å². The summed E-state index contributed by atoms with van der Waals surface area (Å²) in [6.45, 7) is 5.72. The van der Waals surface area contributed by atoms with Crippen molar-refractivity contribution in [3.8, 4) is 17.0 Å². The maximum atomic E-state index is 12.1. The van der Waals surface area contributed by atoms with E-state index in [9.17, 15) is 9.90 Å². The highest BCUT2D eigenvalue weighted by Gasteiger charge is 2.28. The molecular weight excluding hydrogens is 520 g/mol. The number of carbonyl (C=O) groups is 1. The topological polar surface area (TPSA) is 70.8 Å². The van der Waals surface area contributed by atoms with Crippen LogP contribution in [-0.4, -0.2) is 69.0 Å². The molecule has 190 valence electrons. The molecular formula is C28H33BrN4O3. The lowest BCUT2D eigenvalue weighted by atomic mass is 10.0. The zero-order valence-electron chi connectivity index (χ0n) is 20.6. The van der Waals surface area contributed by atoms with Crippen LogP contribution < -0.4 is 4.74 Å². The second kappa shape index (κ2) is 11.2. The summed E-state index contributed by atoms with van der Waals surface area (Å²) in [6.07, 6.45) is 2.34. The van der Waals surface area contributed by atoms with Crippen LogP contribution in [0.5, 0.6) is 5.75 Å². The zero-order chi connectivity index (χ0) is 25.1. The van der Waals surface area contributed by atoms with Gasteiger partial charge in [0.15, 0.2) is 0 Å². The molecule has 8 heteroatoms. The molecule has 2 aliphatic rings. The molecule has 0 spiro atoms. The number of fused-ring (bicyclic) bond motifs is 1. The number of aromatic nitrogens is 2. The highest BCUT2D eigenvalue weighted by molar-refractivity contribution is 9.10. The van der Waals surface area contributed by atoms with Gasteiger partial charge in [-0.05, 0) is 37.1 Å². The summed E-state index contributed by atoms with van der Waals surface area (Å²) < 4.78 is 9.09. The molecule has 2 aromatic carbocycles. The minimum atomic E-state index is -0.524. The van der Waals surface area contributed by atoms with E-state index in [0.29, 0.717) is 26.2 Å². The maximum absolute atomic E-state index is 12.1. The fraction of sp³-hybridized carbons (Fsp3) is 0.429. The normalized spacial score (nSPS) is 17.6. The number of β-amino-alcohol motifs (C(OH)–C–C–N with tert-alkyl or cyclic N) is 1. The third-order valence-corrected chi connectivity index (χ3v) is 7.66. The molecule has 1 amide bonds. The first kappa shape index (κ1) is 25.0. The average Bonchev–Trinajstić information content (AvgIpc) is 3.23. The predicted octanol–water partition coefficient (Wildman–Crippen LogP) is 4.12. The summed E-state index contributed by atoms with van der Waals surface area (Å²) in [4.78, 5) is 16.3. The molecule has 1 fully saturated rings. The number of aliphatic hydroxyl groups excluding tert-OH is 1. The van der Waals surface area contributed by atoms with Crippen LogP contribution in [0.25, 0.3) is 11.3 Å². The summed E-state index contributed by atoms with van der Waals surface area (Å²) in [7, 11) is 0. The molecule has 1 atom stereocenters. The van der Waals surface area contributed by atoms with Crippen molar-refractivity contribution in [2.45, 2.75) is 51.5 Å². The van der Waals surface area contributed by atoms with E-state index in [1.807, 2.05) is 64.2 Å². The minimum absolute atomic E-state index is 0.0786. The van der Waals surface area contributed by atoms with Gasteiger partial charge in [-0.2, -0.15) is 5.10 Å². The zero-order valence-corrected chi connectivity index (χ0v) is 22.2. The van der Waals surface area contributed by atoms with Crippen LogP contribution in [0.4, 0.5) is 0 Å². The Morgan fingerprint density at radius 1 is 1.08 bits per heavy atom. The number of halogens is 1. The van der Waals surface area contributed by atoms with E-state index in [4.69, 9.17) is 9.84 Å². The van der Waals surface area contributed by atoms with Gasteiger partial charge in [0.05, 0.1) is 18.3 Å². The van der Waals surface area contributed by atoms with Gasteiger partial charge in [0.2, 0.25) is 5.91 Å². The van der Waals surface area contributed by atoms with Crippen molar-refractivity contribution in [1.29, 1.82) is 0 Å². The number of likely N-dealkylation sites (tertiary alicyclic amines) is 1. The molecule has 5 rings (SSSR count). The molecule has 3 aromatic rings. The molecule has 36 heavy (non-hydrogen) atoms. The first-order valence-electron chi connectivity index (χ1n) is 12.7. The van der Waals surface area contributed by atoms with Crippen LogP contribution in [0.1, 0.15) is 31.0 Å². The van der Waals surface area contributed by atoms with Crippen LogP contribution in [0.15, 0.2) is 59.1 Å². The second-order valence-electron chi connectivity index (χ2n) is 9.74. The molecule has 0 aliphatic carbocycles. The quantitative estimate of drug-likeness (QED) is 0.477. The number of amides is 1. The number of carbonyl (C=O) groups excluding carboxylic acids is 1. The Balaban J connectivity index is 1.24. The molecule has 0 bridgehead atoms. The third-order valence-electron chi connectivity index (χ3n) is 7.13.